The average molecular weight is 852 g/mol. The number of aliphatic hydroxyl groups is 1. The van der Waals surface area contributed by atoms with Crippen LogP contribution in [-0.2, 0) is 32.7 Å². The minimum atomic E-state index is -4.76. The van der Waals surface area contributed by atoms with Gasteiger partial charge in [-0.05, 0) is 83.5 Å². The number of carbonyl (C=O) groups excluding carboxylic acids is 2. The van der Waals surface area contributed by atoms with Crippen molar-refractivity contribution >= 4 is 25.7 Å². The Morgan fingerprint density at radius 2 is 0.932 bits per heavy atom. The van der Waals surface area contributed by atoms with Crippen LogP contribution in [-0.4, -0.2) is 64.9 Å². The fraction of sp³-hybridized carbons (Fsp3) is 0.723. The Kier molecular flexibility index (Phi) is 39.9. The normalized spacial score (nSPS) is 14.2. The molecule has 0 spiro atoms. The molecule has 340 valence electrons. The SMILES string of the molecule is CCCCC/C=C\C/C=C\C/C=C\C/C=C\CCCCCCCCCC(=O)NC(COP(=O)(O)OCC(O)COC(=O)CCCCCCC/C=C\CCCCC)C(=O)O. The summed E-state index contributed by atoms with van der Waals surface area (Å²) in [5.41, 5.74) is 0. The van der Waals surface area contributed by atoms with Crippen molar-refractivity contribution in [1.29, 1.82) is 0 Å². The van der Waals surface area contributed by atoms with E-state index < -0.39 is 57.6 Å². The topological polar surface area (TPSA) is 169 Å². The van der Waals surface area contributed by atoms with E-state index in [4.69, 9.17) is 13.8 Å². The second-order valence-corrected chi connectivity index (χ2v) is 16.7. The van der Waals surface area contributed by atoms with Crippen molar-refractivity contribution < 1.29 is 47.8 Å². The van der Waals surface area contributed by atoms with Crippen LogP contribution in [0.5, 0.6) is 0 Å². The van der Waals surface area contributed by atoms with Gasteiger partial charge in [0, 0.05) is 12.8 Å². The monoisotopic (exact) mass is 852 g/mol. The minimum Gasteiger partial charge on any atom is -0.480 e. The van der Waals surface area contributed by atoms with Crippen molar-refractivity contribution in [3.63, 3.8) is 0 Å². The van der Waals surface area contributed by atoms with E-state index in [1.54, 1.807) is 0 Å². The number of aliphatic hydroxyl groups excluding tert-OH is 1. The molecule has 3 atom stereocenters. The number of allylic oxidation sites excluding steroid dienone is 10. The molecule has 4 N–H and O–H groups in total. The van der Waals surface area contributed by atoms with Crippen LogP contribution in [0, 0.1) is 0 Å². The smallest absolute Gasteiger partial charge is 0.472 e. The molecule has 0 heterocycles. The lowest BCUT2D eigenvalue weighted by atomic mass is 10.1. The molecule has 3 unspecified atom stereocenters. The molecular weight excluding hydrogens is 769 g/mol. The molecule has 0 aliphatic carbocycles. The van der Waals surface area contributed by atoms with Gasteiger partial charge in [-0.2, -0.15) is 0 Å². The lowest BCUT2D eigenvalue weighted by molar-refractivity contribution is -0.147. The van der Waals surface area contributed by atoms with Crippen LogP contribution in [0.15, 0.2) is 60.8 Å². The Bertz CT molecular complexity index is 1230. The van der Waals surface area contributed by atoms with Gasteiger partial charge in [0.25, 0.3) is 0 Å². The number of unbranched alkanes of at least 4 members (excludes halogenated alkanes) is 18. The Labute approximate surface area is 357 Å². The van der Waals surface area contributed by atoms with E-state index >= 15 is 0 Å². The number of ether oxygens (including phenoxy) is 1. The number of amides is 1. The zero-order valence-corrected chi connectivity index (χ0v) is 37.7. The summed E-state index contributed by atoms with van der Waals surface area (Å²) in [5.74, 6) is -2.40. The van der Waals surface area contributed by atoms with Gasteiger partial charge < -0.3 is 25.2 Å². The van der Waals surface area contributed by atoms with Gasteiger partial charge in [-0.3, -0.25) is 18.6 Å². The molecule has 12 heteroatoms. The van der Waals surface area contributed by atoms with Gasteiger partial charge >= 0.3 is 19.8 Å². The average Bonchev–Trinajstić information content (AvgIpc) is 3.21. The zero-order chi connectivity index (χ0) is 43.5. The molecule has 0 rings (SSSR count). The number of carboxylic acid groups (broad SMARTS) is 1. The number of hydrogen-bond donors (Lipinski definition) is 4. The Balaban J connectivity index is 3.92. The van der Waals surface area contributed by atoms with Gasteiger partial charge in [0.05, 0.1) is 13.2 Å². The van der Waals surface area contributed by atoms with Gasteiger partial charge in [0.1, 0.15) is 12.7 Å². The summed E-state index contributed by atoms with van der Waals surface area (Å²) >= 11 is 0. The molecule has 0 saturated heterocycles. The largest absolute Gasteiger partial charge is 0.480 e. The molecule has 0 fully saturated rings. The first-order valence-electron chi connectivity index (χ1n) is 22.8. The number of carbonyl (C=O) groups is 3. The molecule has 0 aliphatic heterocycles. The maximum atomic E-state index is 12.3. The number of esters is 1. The van der Waals surface area contributed by atoms with Gasteiger partial charge in [0.2, 0.25) is 5.91 Å². The Morgan fingerprint density at radius 1 is 0.542 bits per heavy atom. The number of carboxylic acids is 1. The quantitative estimate of drug-likeness (QED) is 0.0201. The highest BCUT2D eigenvalue weighted by Gasteiger charge is 2.28. The molecule has 1 amide bonds. The lowest BCUT2D eigenvalue weighted by Gasteiger charge is -2.18. The molecule has 11 nitrogen and oxygen atoms in total. The maximum Gasteiger partial charge on any atom is 0.472 e. The van der Waals surface area contributed by atoms with E-state index in [1.807, 2.05) is 0 Å². The van der Waals surface area contributed by atoms with Crippen molar-refractivity contribution in [3.8, 4) is 0 Å². The van der Waals surface area contributed by atoms with Crippen LogP contribution in [0.4, 0.5) is 0 Å². The maximum absolute atomic E-state index is 12.3. The molecular formula is C47H82NO10P. The second kappa shape index (κ2) is 41.9. The predicted molar refractivity (Wildman–Crippen MR) is 240 cm³/mol. The molecule has 0 aromatic rings. The van der Waals surface area contributed by atoms with Crippen LogP contribution in [0.2, 0.25) is 0 Å². The molecule has 0 aromatic heterocycles. The lowest BCUT2D eigenvalue weighted by Crippen LogP contribution is -2.43. The van der Waals surface area contributed by atoms with Crippen molar-refractivity contribution in [3.05, 3.63) is 60.8 Å². The number of phosphoric ester groups is 1. The highest BCUT2D eigenvalue weighted by Crippen LogP contribution is 2.43. The molecule has 59 heavy (non-hydrogen) atoms. The summed E-state index contributed by atoms with van der Waals surface area (Å²) in [5, 5.41) is 21.8. The number of rotatable bonds is 42. The minimum absolute atomic E-state index is 0.130. The van der Waals surface area contributed by atoms with Gasteiger partial charge in [-0.15, -0.1) is 0 Å². The van der Waals surface area contributed by atoms with E-state index in [1.165, 1.54) is 44.9 Å². The fourth-order valence-corrected chi connectivity index (χ4v) is 6.71. The highest BCUT2D eigenvalue weighted by molar-refractivity contribution is 7.47. The first kappa shape index (κ1) is 56.2. The number of nitrogens with one attached hydrogen (secondary N) is 1. The Hall–Kier alpha value is -2.82. The molecule has 0 aliphatic rings. The van der Waals surface area contributed by atoms with Crippen LogP contribution < -0.4 is 5.32 Å². The summed E-state index contributed by atoms with van der Waals surface area (Å²) in [6.07, 6.45) is 48.1. The van der Waals surface area contributed by atoms with E-state index in [-0.39, 0.29) is 12.8 Å². The van der Waals surface area contributed by atoms with E-state index in [2.05, 4.69) is 79.9 Å². The summed E-state index contributed by atoms with van der Waals surface area (Å²) < 4.78 is 26.8. The molecule has 0 saturated carbocycles. The summed E-state index contributed by atoms with van der Waals surface area (Å²) in [6.45, 7) is 2.52. The molecule has 0 bridgehead atoms. The van der Waals surface area contributed by atoms with Gasteiger partial charge in [0.15, 0.2) is 6.04 Å². The van der Waals surface area contributed by atoms with Gasteiger partial charge in [-0.25, -0.2) is 9.36 Å². The third-order valence-electron chi connectivity index (χ3n) is 9.53. The van der Waals surface area contributed by atoms with Crippen molar-refractivity contribution in [1.82, 2.24) is 5.32 Å². The van der Waals surface area contributed by atoms with Crippen molar-refractivity contribution in [2.24, 2.45) is 0 Å². The van der Waals surface area contributed by atoms with Crippen molar-refractivity contribution in [2.45, 2.75) is 199 Å². The van der Waals surface area contributed by atoms with E-state index in [0.717, 1.165) is 103 Å². The number of aliphatic carboxylic acids is 1. The summed E-state index contributed by atoms with van der Waals surface area (Å²) in [4.78, 5) is 45.9. The highest BCUT2D eigenvalue weighted by atomic mass is 31.2. The zero-order valence-electron chi connectivity index (χ0n) is 36.8. The van der Waals surface area contributed by atoms with Crippen LogP contribution in [0.1, 0.15) is 187 Å². The van der Waals surface area contributed by atoms with Crippen LogP contribution in [0.25, 0.3) is 0 Å². The predicted octanol–water partition coefficient (Wildman–Crippen LogP) is 11.9. The van der Waals surface area contributed by atoms with Crippen LogP contribution in [0.3, 0.4) is 0 Å². The first-order chi connectivity index (χ1) is 28.6. The summed E-state index contributed by atoms with van der Waals surface area (Å²) in [7, 11) is -4.76. The standard InChI is InChI=1S/C47H82NO10P/c1-3-5-7-9-11-13-15-17-18-19-20-21-22-23-24-25-26-27-28-30-32-34-36-38-45(50)48-44(47(52)53)42-58-59(54,55)57-41-43(49)40-56-46(51)39-37-35-33-31-29-16-14-12-10-8-6-4-2/h11-14,17-18,20-21,23-24,43-44,49H,3-10,15-16,19,22,25-42H2,1-2H3,(H,48,50)(H,52,53)(H,54,55)/b13-11-,14-12-,18-17-,21-20-,24-23-. The summed E-state index contributed by atoms with van der Waals surface area (Å²) in [6, 6.07) is -1.56. The third kappa shape index (κ3) is 41.7. The Morgan fingerprint density at radius 3 is 1.41 bits per heavy atom. The van der Waals surface area contributed by atoms with Crippen molar-refractivity contribution in [2.75, 3.05) is 19.8 Å². The molecule has 0 aromatic carbocycles. The molecule has 0 radical (unpaired) electrons. The first-order valence-corrected chi connectivity index (χ1v) is 24.3. The fourth-order valence-electron chi connectivity index (χ4n) is 5.94. The van der Waals surface area contributed by atoms with Crippen LogP contribution >= 0.6 is 7.82 Å². The second-order valence-electron chi connectivity index (χ2n) is 15.2. The van der Waals surface area contributed by atoms with E-state index in [0.29, 0.717) is 12.8 Å². The third-order valence-corrected chi connectivity index (χ3v) is 10.5. The number of hydrogen-bond acceptors (Lipinski definition) is 8. The number of phosphoric acid groups is 1. The van der Waals surface area contributed by atoms with Gasteiger partial charge in [-0.1, -0.05) is 152 Å². The van der Waals surface area contributed by atoms with E-state index in [9.17, 15) is 34.1 Å².